The van der Waals surface area contributed by atoms with Crippen molar-refractivity contribution in [2.24, 2.45) is 0 Å². The number of amides is 1. The summed E-state index contributed by atoms with van der Waals surface area (Å²) in [7, 11) is 0. The maximum Gasteiger partial charge on any atom is 0.256 e. The van der Waals surface area contributed by atoms with Crippen LogP contribution >= 0.6 is 15.9 Å². The maximum atomic E-state index is 12.1. The van der Waals surface area contributed by atoms with Crippen LogP contribution in [0.1, 0.15) is 25.3 Å². The van der Waals surface area contributed by atoms with Crippen LogP contribution in [0.15, 0.2) is 22.7 Å². The van der Waals surface area contributed by atoms with Gasteiger partial charge in [-0.2, -0.15) is 0 Å². The first-order valence-corrected chi connectivity index (χ1v) is 6.52. The maximum absolute atomic E-state index is 12.1. The van der Waals surface area contributed by atoms with Gasteiger partial charge in [0, 0.05) is 11.1 Å². The summed E-state index contributed by atoms with van der Waals surface area (Å²) < 4.78 is 6.41. The topological polar surface area (TPSA) is 38.3 Å². The number of halogens is 1. The lowest BCUT2D eigenvalue weighted by Gasteiger charge is -2.22. The SMILES string of the molecule is Cc1ccc(NC(=O)C2(C)CCCO2)c(Br)c1. The molecule has 0 aliphatic carbocycles. The summed E-state index contributed by atoms with van der Waals surface area (Å²) in [5, 5.41) is 2.91. The van der Waals surface area contributed by atoms with Crippen LogP contribution in [0, 0.1) is 6.92 Å². The lowest BCUT2D eigenvalue weighted by atomic mass is 10.0. The second-order valence-corrected chi connectivity index (χ2v) is 5.47. The van der Waals surface area contributed by atoms with Gasteiger partial charge in [-0.05, 0) is 60.3 Å². The van der Waals surface area contributed by atoms with Crippen molar-refractivity contribution in [3.8, 4) is 0 Å². The highest BCUT2D eigenvalue weighted by molar-refractivity contribution is 9.10. The van der Waals surface area contributed by atoms with Crippen molar-refractivity contribution in [1.29, 1.82) is 0 Å². The fourth-order valence-corrected chi connectivity index (χ4v) is 2.53. The zero-order valence-corrected chi connectivity index (χ0v) is 11.6. The minimum absolute atomic E-state index is 0.0699. The van der Waals surface area contributed by atoms with Crippen LogP contribution in [0.25, 0.3) is 0 Å². The van der Waals surface area contributed by atoms with Gasteiger partial charge in [0.1, 0.15) is 5.60 Å². The Morgan fingerprint density at radius 2 is 2.29 bits per heavy atom. The second-order valence-electron chi connectivity index (χ2n) is 4.62. The van der Waals surface area contributed by atoms with Gasteiger partial charge in [0.15, 0.2) is 0 Å². The molecule has 1 unspecified atom stereocenters. The summed E-state index contributed by atoms with van der Waals surface area (Å²) in [6, 6.07) is 5.85. The van der Waals surface area contributed by atoms with Crippen molar-refractivity contribution in [2.45, 2.75) is 32.3 Å². The van der Waals surface area contributed by atoms with Gasteiger partial charge in [0.05, 0.1) is 5.69 Å². The molecule has 17 heavy (non-hydrogen) atoms. The van der Waals surface area contributed by atoms with E-state index in [1.807, 2.05) is 32.0 Å². The molecule has 3 nitrogen and oxygen atoms in total. The van der Waals surface area contributed by atoms with Crippen molar-refractivity contribution < 1.29 is 9.53 Å². The molecule has 0 bridgehead atoms. The fourth-order valence-electron chi connectivity index (χ4n) is 1.93. The van der Waals surface area contributed by atoms with Gasteiger partial charge in [-0.15, -0.1) is 0 Å². The van der Waals surface area contributed by atoms with Crippen LogP contribution in [0.5, 0.6) is 0 Å². The number of hydrogen-bond donors (Lipinski definition) is 1. The van der Waals surface area contributed by atoms with Crippen molar-refractivity contribution in [1.82, 2.24) is 0 Å². The lowest BCUT2D eigenvalue weighted by Crippen LogP contribution is -2.39. The number of carbonyl (C=O) groups is 1. The monoisotopic (exact) mass is 297 g/mol. The standard InChI is InChI=1S/C13H16BrNO2/c1-9-4-5-11(10(14)8-9)15-12(16)13(2)6-3-7-17-13/h4-5,8H,3,6-7H2,1-2H3,(H,15,16). The third kappa shape index (κ3) is 2.69. The highest BCUT2D eigenvalue weighted by Crippen LogP contribution is 2.29. The minimum atomic E-state index is -0.676. The normalized spacial score (nSPS) is 23.7. The Labute approximate surface area is 110 Å². The van der Waals surface area contributed by atoms with E-state index in [1.54, 1.807) is 0 Å². The molecule has 1 aromatic rings. The van der Waals surface area contributed by atoms with Gasteiger partial charge in [0.2, 0.25) is 0 Å². The first-order valence-electron chi connectivity index (χ1n) is 5.73. The Morgan fingerprint density at radius 1 is 1.53 bits per heavy atom. The third-order valence-electron chi connectivity index (χ3n) is 3.07. The van der Waals surface area contributed by atoms with Gasteiger partial charge in [-0.25, -0.2) is 0 Å². The predicted molar refractivity (Wildman–Crippen MR) is 71.1 cm³/mol. The first kappa shape index (κ1) is 12.6. The summed E-state index contributed by atoms with van der Waals surface area (Å²) in [5.41, 5.74) is 1.26. The van der Waals surface area contributed by atoms with Crippen LogP contribution in [0.4, 0.5) is 5.69 Å². The summed E-state index contributed by atoms with van der Waals surface area (Å²) >= 11 is 3.45. The number of nitrogens with one attached hydrogen (secondary N) is 1. The largest absolute Gasteiger partial charge is 0.365 e. The number of hydrogen-bond acceptors (Lipinski definition) is 2. The van der Waals surface area contributed by atoms with Gasteiger partial charge < -0.3 is 10.1 Å². The number of anilines is 1. The summed E-state index contributed by atoms with van der Waals surface area (Å²) in [5.74, 6) is -0.0699. The quantitative estimate of drug-likeness (QED) is 0.910. The highest BCUT2D eigenvalue weighted by Gasteiger charge is 2.37. The Morgan fingerprint density at radius 3 is 2.88 bits per heavy atom. The number of carbonyl (C=O) groups excluding carboxylic acids is 1. The average Bonchev–Trinajstić information content (AvgIpc) is 2.71. The first-order chi connectivity index (χ1) is 8.01. The third-order valence-corrected chi connectivity index (χ3v) is 3.73. The molecule has 4 heteroatoms. The van der Waals surface area contributed by atoms with E-state index in [4.69, 9.17) is 4.74 Å². The zero-order valence-electron chi connectivity index (χ0n) is 10.0. The molecule has 1 aliphatic rings. The zero-order chi connectivity index (χ0) is 12.5. The van der Waals surface area contributed by atoms with E-state index in [2.05, 4.69) is 21.2 Å². The van der Waals surface area contributed by atoms with Crippen molar-refractivity contribution >= 4 is 27.5 Å². The van der Waals surface area contributed by atoms with Gasteiger partial charge in [-0.1, -0.05) is 6.07 Å². The number of ether oxygens (including phenoxy) is 1. The van der Waals surface area contributed by atoms with Gasteiger partial charge >= 0.3 is 0 Å². The minimum Gasteiger partial charge on any atom is -0.365 e. The summed E-state index contributed by atoms with van der Waals surface area (Å²) in [4.78, 5) is 12.1. The molecule has 2 rings (SSSR count). The predicted octanol–water partition coefficient (Wildman–Crippen LogP) is 3.27. The molecule has 1 N–H and O–H groups in total. The fraction of sp³-hybridized carbons (Fsp3) is 0.462. The molecule has 0 spiro atoms. The van der Waals surface area contributed by atoms with E-state index in [9.17, 15) is 4.79 Å². The van der Waals surface area contributed by atoms with E-state index in [0.29, 0.717) is 6.61 Å². The molecular weight excluding hydrogens is 282 g/mol. The number of benzene rings is 1. The second kappa shape index (κ2) is 4.78. The summed E-state index contributed by atoms with van der Waals surface area (Å²) in [6.07, 6.45) is 1.72. The molecule has 1 aliphatic heterocycles. The van der Waals surface area contributed by atoms with Crippen LogP contribution < -0.4 is 5.32 Å². The van der Waals surface area contributed by atoms with E-state index in [1.165, 1.54) is 0 Å². The molecule has 0 aromatic heterocycles. The van der Waals surface area contributed by atoms with Crippen LogP contribution in [0.3, 0.4) is 0 Å². The van der Waals surface area contributed by atoms with Crippen LogP contribution in [-0.2, 0) is 9.53 Å². The molecule has 1 heterocycles. The molecule has 92 valence electrons. The van der Waals surface area contributed by atoms with Crippen molar-refractivity contribution in [2.75, 3.05) is 11.9 Å². The number of rotatable bonds is 2. The molecule has 1 aromatic carbocycles. The van der Waals surface area contributed by atoms with E-state index in [0.717, 1.165) is 28.6 Å². The Hall–Kier alpha value is -0.870. The van der Waals surface area contributed by atoms with E-state index in [-0.39, 0.29) is 5.91 Å². The smallest absolute Gasteiger partial charge is 0.256 e. The highest BCUT2D eigenvalue weighted by atomic mass is 79.9. The molecule has 0 saturated carbocycles. The molecule has 1 fully saturated rings. The van der Waals surface area contributed by atoms with Gasteiger partial charge in [0.25, 0.3) is 5.91 Å². The van der Waals surface area contributed by atoms with Gasteiger partial charge in [-0.3, -0.25) is 4.79 Å². The van der Waals surface area contributed by atoms with Crippen molar-refractivity contribution in [3.63, 3.8) is 0 Å². The molecule has 1 atom stereocenters. The molecule has 1 amide bonds. The van der Waals surface area contributed by atoms with Crippen molar-refractivity contribution in [3.05, 3.63) is 28.2 Å². The van der Waals surface area contributed by atoms with Crippen LogP contribution in [0.2, 0.25) is 0 Å². The summed E-state index contributed by atoms with van der Waals surface area (Å²) in [6.45, 7) is 4.52. The Balaban J connectivity index is 2.13. The molecule has 1 saturated heterocycles. The Kier molecular flexibility index (Phi) is 3.54. The molecule has 0 radical (unpaired) electrons. The number of aryl methyl sites for hydroxylation is 1. The average molecular weight is 298 g/mol. The van der Waals surface area contributed by atoms with E-state index < -0.39 is 5.60 Å². The van der Waals surface area contributed by atoms with Crippen LogP contribution in [-0.4, -0.2) is 18.1 Å². The lowest BCUT2D eigenvalue weighted by molar-refractivity contribution is -0.133. The van der Waals surface area contributed by atoms with E-state index >= 15 is 0 Å². The Bertz CT molecular complexity index is 439. The molecular formula is C13H16BrNO2.